The van der Waals surface area contributed by atoms with Crippen LogP contribution in [0.1, 0.15) is 15.9 Å². The second-order valence-corrected chi connectivity index (χ2v) is 5.80. The van der Waals surface area contributed by atoms with Crippen LogP contribution in [0.5, 0.6) is 11.5 Å². The van der Waals surface area contributed by atoms with E-state index in [1.807, 2.05) is 72.8 Å². The lowest BCUT2D eigenvalue weighted by atomic mass is 10.0. The van der Waals surface area contributed by atoms with Crippen molar-refractivity contribution in [1.29, 1.82) is 0 Å². The quantitative estimate of drug-likeness (QED) is 0.439. The molecule has 0 N–H and O–H groups in total. The zero-order chi connectivity index (χ0) is 17.1. The van der Waals surface area contributed by atoms with Crippen molar-refractivity contribution in [1.82, 2.24) is 0 Å². The molecule has 0 bridgehead atoms. The number of rotatable bonds is 4. The predicted octanol–water partition coefficient (Wildman–Crippen LogP) is 5.86. The number of carbonyl (C=O) groups is 1. The highest BCUT2D eigenvalue weighted by atomic mass is 16.5. The van der Waals surface area contributed by atoms with Crippen LogP contribution in [-0.2, 0) is 0 Å². The highest BCUT2D eigenvalue weighted by Crippen LogP contribution is 2.30. The predicted molar refractivity (Wildman–Crippen MR) is 100 cm³/mol. The van der Waals surface area contributed by atoms with Gasteiger partial charge in [0.2, 0.25) is 0 Å². The molecule has 0 amide bonds. The maximum atomic E-state index is 12.4. The standard InChI is InChI=1S/C23H16O2/c24-23(18-8-2-1-3-9-18)19-13-15-20(16-14-19)25-22-12-6-10-17-7-4-5-11-21(17)22/h1-16H. The summed E-state index contributed by atoms with van der Waals surface area (Å²) in [7, 11) is 0. The molecule has 4 aromatic carbocycles. The van der Waals surface area contributed by atoms with Gasteiger partial charge in [0.15, 0.2) is 5.78 Å². The van der Waals surface area contributed by atoms with Crippen LogP contribution in [0.25, 0.3) is 10.8 Å². The van der Waals surface area contributed by atoms with Gasteiger partial charge < -0.3 is 4.74 Å². The van der Waals surface area contributed by atoms with Gasteiger partial charge >= 0.3 is 0 Å². The number of ketones is 1. The molecule has 25 heavy (non-hydrogen) atoms. The molecule has 0 aromatic heterocycles. The molecule has 0 saturated carbocycles. The number of carbonyl (C=O) groups excluding carboxylic acids is 1. The van der Waals surface area contributed by atoms with Gasteiger partial charge in [0.25, 0.3) is 0 Å². The van der Waals surface area contributed by atoms with Crippen LogP contribution in [0, 0.1) is 0 Å². The van der Waals surface area contributed by atoms with Gasteiger partial charge in [0.1, 0.15) is 11.5 Å². The molecule has 4 aromatic rings. The number of ether oxygens (including phenoxy) is 1. The number of hydrogen-bond donors (Lipinski definition) is 0. The van der Waals surface area contributed by atoms with Gasteiger partial charge in [-0.25, -0.2) is 0 Å². The third-order valence-corrected chi connectivity index (χ3v) is 4.13. The molecule has 4 rings (SSSR count). The first kappa shape index (κ1) is 15.2. The van der Waals surface area contributed by atoms with E-state index < -0.39 is 0 Å². The zero-order valence-electron chi connectivity index (χ0n) is 13.6. The summed E-state index contributed by atoms with van der Waals surface area (Å²) in [6.45, 7) is 0. The third-order valence-electron chi connectivity index (χ3n) is 4.13. The van der Waals surface area contributed by atoms with Gasteiger partial charge in [-0.1, -0.05) is 66.7 Å². The summed E-state index contributed by atoms with van der Waals surface area (Å²) in [5.41, 5.74) is 1.33. The van der Waals surface area contributed by atoms with Gasteiger partial charge in [-0.15, -0.1) is 0 Å². The molecule has 2 heteroatoms. The third kappa shape index (κ3) is 3.15. The van der Waals surface area contributed by atoms with Crippen LogP contribution >= 0.6 is 0 Å². The zero-order valence-corrected chi connectivity index (χ0v) is 13.6. The van der Waals surface area contributed by atoms with Gasteiger partial charge in [0, 0.05) is 16.5 Å². The Balaban J connectivity index is 1.59. The monoisotopic (exact) mass is 324 g/mol. The van der Waals surface area contributed by atoms with E-state index in [0.29, 0.717) is 16.9 Å². The first-order valence-corrected chi connectivity index (χ1v) is 8.17. The second-order valence-electron chi connectivity index (χ2n) is 5.80. The number of fused-ring (bicyclic) bond motifs is 1. The normalized spacial score (nSPS) is 10.6. The summed E-state index contributed by atoms with van der Waals surface area (Å²) in [4.78, 5) is 12.4. The molecular formula is C23H16O2. The van der Waals surface area contributed by atoms with Gasteiger partial charge in [-0.05, 0) is 35.7 Å². The smallest absolute Gasteiger partial charge is 0.193 e. The Morgan fingerprint density at radius 3 is 2.04 bits per heavy atom. The minimum absolute atomic E-state index is 0.0114. The van der Waals surface area contributed by atoms with Crippen molar-refractivity contribution in [2.24, 2.45) is 0 Å². The van der Waals surface area contributed by atoms with Crippen molar-refractivity contribution in [3.63, 3.8) is 0 Å². The summed E-state index contributed by atoms with van der Waals surface area (Å²) < 4.78 is 6.02. The largest absolute Gasteiger partial charge is 0.457 e. The highest BCUT2D eigenvalue weighted by molar-refractivity contribution is 6.09. The summed E-state index contributed by atoms with van der Waals surface area (Å²) in [6.07, 6.45) is 0. The minimum atomic E-state index is 0.0114. The Bertz CT molecular complexity index is 1010. The van der Waals surface area contributed by atoms with Gasteiger partial charge in [-0.3, -0.25) is 4.79 Å². The van der Waals surface area contributed by atoms with E-state index in [9.17, 15) is 4.79 Å². The molecule has 0 fully saturated rings. The fourth-order valence-electron chi connectivity index (χ4n) is 2.84. The molecule has 0 atom stereocenters. The van der Waals surface area contributed by atoms with Crippen LogP contribution in [-0.4, -0.2) is 5.78 Å². The molecule has 0 aliphatic rings. The van der Waals surface area contributed by atoms with Crippen LogP contribution in [0.3, 0.4) is 0 Å². The Kier molecular flexibility index (Phi) is 4.01. The first-order valence-electron chi connectivity index (χ1n) is 8.17. The second kappa shape index (κ2) is 6.62. The average molecular weight is 324 g/mol. The van der Waals surface area contributed by atoms with E-state index in [1.54, 1.807) is 12.1 Å². The van der Waals surface area contributed by atoms with E-state index >= 15 is 0 Å². The number of benzene rings is 4. The van der Waals surface area contributed by atoms with E-state index in [0.717, 1.165) is 16.5 Å². The van der Waals surface area contributed by atoms with Crippen LogP contribution in [0.15, 0.2) is 97.1 Å². The molecule has 0 heterocycles. The van der Waals surface area contributed by atoms with Gasteiger partial charge in [0.05, 0.1) is 0 Å². The Labute approximate surface area is 146 Å². The lowest BCUT2D eigenvalue weighted by Crippen LogP contribution is -2.00. The summed E-state index contributed by atoms with van der Waals surface area (Å²) in [5, 5.41) is 2.20. The van der Waals surface area contributed by atoms with Crippen LogP contribution in [0.2, 0.25) is 0 Å². The minimum Gasteiger partial charge on any atom is -0.457 e. The van der Waals surface area contributed by atoms with Crippen molar-refractivity contribution in [2.45, 2.75) is 0 Å². The molecule has 0 aliphatic carbocycles. The van der Waals surface area contributed by atoms with E-state index in [2.05, 4.69) is 12.1 Å². The first-order chi connectivity index (χ1) is 12.3. The van der Waals surface area contributed by atoms with Crippen molar-refractivity contribution >= 4 is 16.6 Å². The summed E-state index contributed by atoms with van der Waals surface area (Å²) in [5.74, 6) is 1.53. The maximum Gasteiger partial charge on any atom is 0.193 e. The van der Waals surface area contributed by atoms with E-state index in [4.69, 9.17) is 4.74 Å². The van der Waals surface area contributed by atoms with Crippen molar-refractivity contribution in [2.75, 3.05) is 0 Å². The molecule has 120 valence electrons. The maximum absolute atomic E-state index is 12.4. The van der Waals surface area contributed by atoms with Gasteiger partial charge in [-0.2, -0.15) is 0 Å². The molecule has 0 spiro atoms. The Morgan fingerprint density at radius 1 is 0.600 bits per heavy atom. The highest BCUT2D eigenvalue weighted by Gasteiger charge is 2.09. The van der Waals surface area contributed by atoms with Crippen LogP contribution in [0.4, 0.5) is 0 Å². The summed E-state index contributed by atoms with van der Waals surface area (Å²) in [6, 6.07) is 30.6. The lowest BCUT2D eigenvalue weighted by molar-refractivity contribution is 0.103. The average Bonchev–Trinajstić information content (AvgIpc) is 2.69. The fraction of sp³-hybridized carbons (Fsp3) is 0. The Morgan fingerprint density at radius 2 is 1.24 bits per heavy atom. The van der Waals surface area contributed by atoms with E-state index in [-0.39, 0.29) is 5.78 Å². The topological polar surface area (TPSA) is 26.3 Å². The lowest BCUT2D eigenvalue weighted by Gasteiger charge is -2.09. The summed E-state index contributed by atoms with van der Waals surface area (Å²) >= 11 is 0. The molecular weight excluding hydrogens is 308 g/mol. The molecule has 0 unspecified atom stereocenters. The van der Waals surface area contributed by atoms with Crippen LogP contribution < -0.4 is 4.74 Å². The number of hydrogen-bond acceptors (Lipinski definition) is 2. The van der Waals surface area contributed by atoms with Crippen molar-refractivity contribution in [3.8, 4) is 11.5 Å². The molecule has 0 saturated heterocycles. The van der Waals surface area contributed by atoms with Crippen molar-refractivity contribution < 1.29 is 9.53 Å². The van der Waals surface area contributed by atoms with E-state index in [1.165, 1.54) is 0 Å². The molecule has 0 radical (unpaired) electrons. The molecule has 0 aliphatic heterocycles. The van der Waals surface area contributed by atoms with Crippen molar-refractivity contribution in [3.05, 3.63) is 108 Å². The Hall–Kier alpha value is -3.39. The SMILES string of the molecule is O=C(c1ccccc1)c1ccc(Oc2cccc3ccccc23)cc1. The fourth-order valence-corrected chi connectivity index (χ4v) is 2.84. The molecule has 2 nitrogen and oxygen atoms in total.